The Morgan fingerprint density at radius 1 is 1.09 bits per heavy atom. The molecule has 3 aromatic rings. The van der Waals surface area contributed by atoms with Gasteiger partial charge in [0, 0.05) is 17.0 Å². The van der Waals surface area contributed by atoms with Gasteiger partial charge in [0.15, 0.2) is 0 Å². The molecule has 1 aliphatic rings. The van der Waals surface area contributed by atoms with Crippen LogP contribution in [0.3, 0.4) is 0 Å². The van der Waals surface area contributed by atoms with Crippen molar-refractivity contribution in [3.05, 3.63) is 93.2 Å². The van der Waals surface area contributed by atoms with E-state index in [0.717, 1.165) is 23.4 Å². The van der Waals surface area contributed by atoms with Crippen LogP contribution in [0.15, 0.2) is 71.6 Å². The summed E-state index contributed by atoms with van der Waals surface area (Å²) in [6.07, 6.45) is 0.731. The zero-order chi connectivity index (χ0) is 24.9. The zero-order valence-electron chi connectivity index (χ0n) is 20.2. The van der Waals surface area contributed by atoms with E-state index in [1.54, 1.807) is 29.2 Å². The summed E-state index contributed by atoms with van der Waals surface area (Å²) in [6.45, 7) is 3.71. The standard InChI is InChI=1S/C28H30N2O4S/c1-19-7-4-8-20(17-19)18-34-22-12-10-21(11-13-22)26(31)24-25(23-9-5-16-35-23)30(28(33)27(24)32)15-6-14-29(2)3/h4-5,7-13,16-17,25,31H,6,14-15,18H2,1-3H3/b26-24+/t25-/m0/s1. The molecule has 1 amide bonds. The molecule has 0 saturated carbocycles. The topological polar surface area (TPSA) is 70.1 Å². The number of hydrogen-bond donors (Lipinski definition) is 1. The van der Waals surface area contributed by atoms with Crippen molar-refractivity contribution in [3.63, 3.8) is 0 Å². The molecule has 4 rings (SSSR count). The average Bonchev–Trinajstić information content (AvgIpc) is 3.45. The van der Waals surface area contributed by atoms with Crippen molar-refractivity contribution in [2.24, 2.45) is 0 Å². The molecule has 1 fully saturated rings. The summed E-state index contributed by atoms with van der Waals surface area (Å²) in [5.74, 6) is -0.726. The Balaban J connectivity index is 1.58. The van der Waals surface area contributed by atoms with Crippen molar-refractivity contribution in [1.29, 1.82) is 0 Å². The van der Waals surface area contributed by atoms with E-state index >= 15 is 0 Å². The molecule has 1 aromatic heterocycles. The summed E-state index contributed by atoms with van der Waals surface area (Å²) in [6, 6.07) is 18.3. The Morgan fingerprint density at radius 2 is 1.86 bits per heavy atom. The molecule has 2 heterocycles. The molecule has 1 atom stereocenters. The highest BCUT2D eigenvalue weighted by molar-refractivity contribution is 7.10. The predicted molar refractivity (Wildman–Crippen MR) is 138 cm³/mol. The van der Waals surface area contributed by atoms with Gasteiger partial charge < -0.3 is 19.6 Å². The molecule has 7 heteroatoms. The molecule has 182 valence electrons. The van der Waals surface area contributed by atoms with Gasteiger partial charge in [-0.15, -0.1) is 11.3 Å². The Morgan fingerprint density at radius 3 is 2.51 bits per heavy atom. The van der Waals surface area contributed by atoms with Crippen LogP contribution < -0.4 is 4.74 Å². The van der Waals surface area contributed by atoms with E-state index in [4.69, 9.17) is 4.74 Å². The maximum atomic E-state index is 13.0. The maximum Gasteiger partial charge on any atom is 0.295 e. The first-order valence-corrected chi connectivity index (χ1v) is 12.5. The van der Waals surface area contributed by atoms with Crippen LogP contribution in [0.25, 0.3) is 5.76 Å². The molecule has 0 unspecified atom stereocenters. The minimum absolute atomic E-state index is 0.135. The third-order valence-corrected chi connectivity index (χ3v) is 6.90. The van der Waals surface area contributed by atoms with E-state index in [1.165, 1.54) is 16.9 Å². The highest BCUT2D eigenvalue weighted by Crippen LogP contribution is 2.41. The molecule has 6 nitrogen and oxygen atoms in total. The summed E-state index contributed by atoms with van der Waals surface area (Å²) in [7, 11) is 3.94. The van der Waals surface area contributed by atoms with Gasteiger partial charge in [0.2, 0.25) is 0 Å². The van der Waals surface area contributed by atoms with Gasteiger partial charge in [0.25, 0.3) is 11.7 Å². The number of aliphatic hydroxyl groups excluding tert-OH is 1. The molecule has 2 aromatic carbocycles. The smallest absolute Gasteiger partial charge is 0.295 e. The number of thiophene rings is 1. The second kappa shape index (κ2) is 10.9. The summed E-state index contributed by atoms with van der Waals surface area (Å²) >= 11 is 1.47. The fourth-order valence-corrected chi connectivity index (χ4v) is 5.09. The van der Waals surface area contributed by atoms with Crippen LogP contribution in [-0.4, -0.2) is 53.8 Å². The second-order valence-electron chi connectivity index (χ2n) is 8.97. The maximum absolute atomic E-state index is 13.0. The number of likely N-dealkylation sites (tertiary alicyclic amines) is 1. The van der Waals surface area contributed by atoms with Crippen molar-refractivity contribution in [3.8, 4) is 5.75 Å². The summed E-state index contributed by atoms with van der Waals surface area (Å²) in [4.78, 5) is 30.5. The van der Waals surface area contributed by atoms with Gasteiger partial charge in [-0.25, -0.2) is 0 Å². The van der Waals surface area contributed by atoms with Gasteiger partial charge in [0.05, 0.1) is 11.6 Å². The normalized spacial score (nSPS) is 17.4. The number of nitrogens with zero attached hydrogens (tertiary/aromatic N) is 2. The number of rotatable bonds is 9. The molecule has 35 heavy (non-hydrogen) atoms. The Labute approximate surface area is 210 Å². The largest absolute Gasteiger partial charge is 0.507 e. The lowest BCUT2D eigenvalue weighted by molar-refractivity contribution is -0.139. The average molecular weight is 491 g/mol. The SMILES string of the molecule is Cc1cccc(COc2ccc(/C(O)=C3\C(=O)C(=O)N(CCCN(C)C)[C@H]3c3cccs3)cc2)c1. The van der Waals surface area contributed by atoms with Crippen molar-refractivity contribution >= 4 is 28.8 Å². The molecular weight excluding hydrogens is 460 g/mol. The molecule has 1 saturated heterocycles. The predicted octanol–water partition coefficient (Wildman–Crippen LogP) is 5.01. The fourth-order valence-electron chi connectivity index (χ4n) is 4.24. The fraction of sp³-hybridized carbons (Fsp3) is 0.286. The number of aryl methyl sites for hydroxylation is 1. The summed E-state index contributed by atoms with van der Waals surface area (Å²) in [5, 5.41) is 13.1. The number of ether oxygens (including phenoxy) is 1. The van der Waals surface area contributed by atoms with Gasteiger partial charge in [-0.05, 0) is 75.3 Å². The summed E-state index contributed by atoms with van der Waals surface area (Å²) < 4.78 is 5.88. The van der Waals surface area contributed by atoms with Crippen LogP contribution in [0, 0.1) is 6.92 Å². The van der Waals surface area contributed by atoms with Gasteiger partial charge in [-0.1, -0.05) is 35.9 Å². The molecular formula is C28H30N2O4S. The second-order valence-corrected chi connectivity index (χ2v) is 9.95. The molecule has 0 bridgehead atoms. The summed E-state index contributed by atoms with van der Waals surface area (Å²) in [5.41, 5.74) is 2.85. The number of hydrogen-bond acceptors (Lipinski definition) is 6. The third kappa shape index (κ3) is 5.63. The molecule has 1 N–H and O–H groups in total. The monoisotopic (exact) mass is 490 g/mol. The Bertz CT molecular complexity index is 1220. The molecule has 0 aliphatic carbocycles. The lowest BCUT2D eigenvalue weighted by Crippen LogP contribution is -2.32. The van der Waals surface area contributed by atoms with E-state index in [0.29, 0.717) is 24.5 Å². The lowest BCUT2D eigenvalue weighted by atomic mass is 10.00. The third-order valence-electron chi connectivity index (χ3n) is 5.97. The number of amides is 1. The first-order valence-electron chi connectivity index (χ1n) is 11.6. The van der Waals surface area contributed by atoms with E-state index < -0.39 is 17.7 Å². The number of carbonyl (C=O) groups is 2. The van der Waals surface area contributed by atoms with E-state index in [2.05, 4.69) is 6.07 Å². The van der Waals surface area contributed by atoms with Crippen molar-refractivity contribution in [1.82, 2.24) is 9.80 Å². The highest BCUT2D eigenvalue weighted by atomic mass is 32.1. The van der Waals surface area contributed by atoms with Gasteiger partial charge in [-0.2, -0.15) is 0 Å². The van der Waals surface area contributed by atoms with E-state index in [1.807, 2.05) is 61.6 Å². The van der Waals surface area contributed by atoms with Crippen LogP contribution in [0.2, 0.25) is 0 Å². The lowest BCUT2D eigenvalue weighted by Gasteiger charge is -2.24. The van der Waals surface area contributed by atoms with Crippen LogP contribution in [0.4, 0.5) is 0 Å². The first-order chi connectivity index (χ1) is 16.8. The number of aliphatic hydroxyl groups is 1. The van der Waals surface area contributed by atoms with Crippen molar-refractivity contribution in [2.75, 3.05) is 27.2 Å². The van der Waals surface area contributed by atoms with Crippen LogP contribution in [0.5, 0.6) is 5.75 Å². The molecule has 1 aliphatic heterocycles. The van der Waals surface area contributed by atoms with Gasteiger partial charge >= 0.3 is 0 Å². The minimum Gasteiger partial charge on any atom is -0.507 e. The highest BCUT2D eigenvalue weighted by Gasteiger charge is 2.46. The Kier molecular flexibility index (Phi) is 7.68. The first kappa shape index (κ1) is 24.7. The van der Waals surface area contributed by atoms with E-state index in [9.17, 15) is 14.7 Å². The quantitative estimate of drug-likeness (QED) is 0.259. The van der Waals surface area contributed by atoms with Gasteiger partial charge in [-0.3, -0.25) is 9.59 Å². The minimum atomic E-state index is -0.648. The van der Waals surface area contributed by atoms with Crippen molar-refractivity contribution in [2.45, 2.75) is 26.0 Å². The van der Waals surface area contributed by atoms with E-state index in [-0.39, 0.29) is 11.3 Å². The van der Waals surface area contributed by atoms with Crippen LogP contribution in [0.1, 0.15) is 34.0 Å². The Hall–Kier alpha value is -3.42. The van der Waals surface area contributed by atoms with Gasteiger partial charge in [0.1, 0.15) is 18.1 Å². The number of carbonyl (C=O) groups excluding carboxylic acids is 2. The molecule has 0 radical (unpaired) electrons. The van der Waals surface area contributed by atoms with Crippen LogP contribution in [-0.2, 0) is 16.2 Å². The number of benzene rings is 2. The number of Topliss-reactive ketones (excluding diaryl/α,β-unsaturated/α-hetero) is 1. The number of ketones is 1. The molecule has 0 spiro atoms. The zero-order valence-corrected chi connectivity index (χ0v) is 21.0. The van der Waals surface area contributed by atoms with Crippen LogP contribution >= 0.6 is 11.3 Å². The van der Waals surface area contributed by atoms with Crippen molar-refractivity contribution < 1.29 is 19.4 Å².